The summed E-state index contributed by atoms with van der Waals surface area (Å²) in [4.78, 5) is 0. The van der Waals surface area contributed by atoms with Gasteiger partial charge in [-0.05, 0) is 37.6 Å². The van der Waals surface area contributed by atoms with E-state index in [0.717, 1.165) is 17.1 Å². The summed E-state index contributed by atoms with van der Waals surface area (Å²) < 4.78 is 1.89. The molecule has 2 rings (SSSR count). The van der Waals surface area contributed by atoms with Gasteiger partial charge in [0, 0.05) is 16.1 Å². The third-order valence-corrected chi connectivity index (χ3v) is 3.46. The molecule has 1 aromatic heterocycles. The Labute approximate surface area is 124 Å². The molecule has 0 bridgehead atoms. The Balaban J connectivity index is 2.64. The minimum Gasteiger partial charge on any atom is -0.235 e. The lowest BCUT2D eigenvalue weighted by Gasteiger charge is -2.20. The zero-order valence-corrected chi connectivity index (χ0v) is 12.9. The first kappa shape index (κ1) is 14.4. The second-order valence-electron chi connectivity index (χ2n) is 5.53. The maximum Gasteiger partial charge on any atom is 0.0836 e. The molecule has 2 aromatic rings. The molecule has 101 valence electrons. The summed E-state index contributed by atoms with van der Waals surface area (Å²) in [5.41, 5.74) is 2.88. The van der Waals surface area contributed by atoms with Gasteiger partial charge in [-0.3, -0.25) is 0 Å². The molecule has 4 heteroatoms. The predicted molar refractivity (Wildman–Crippen MR) is 81.3 cm³/mol. The molecule has 0 atom stereocenters. The summed E-state index contributed by atoms with van der Waals surface area (Å²) in [6, 6.07) is 7.52. The summed E-state index contributed by atoms with van der Waals surface area (Å²) in [7, 11) is 0. The van der Waals surface area contributed by atoms with Crippen LogP contribution in [-0.2, 0) is 11.8 Å². The number of hydrogen-bond donors (Lipinski definition) is 0. The van der Waals surface area contributed by atoms with E-state index in [1.165, 1.54) is 0 Å². The van der Waals surface area contributed by atoms with Crippen LogP contribution in [0.5, 0.6) is 0 Å². The Hall–Kier alpha value is -0.990. The van der Waals surface area contributed by atoms with E-state index < -0.39 is 0 Å². The van der Waals surface area contributed by atoms with Crippen LogP contribution in [0.15, 0.2) is 24.3 Å². The fourth-order valence-electron chi connectivity index (χ4n) is 1.92. The van der Waals surface area contributed by atoms with Crippen molar-refractivity contribution in [1.29, 1.82) is 0 Å². The maximum atomic E-state index is 6.28. The lowest BCUT2D eigenvalue weighted by Crippen LogP contribution is -2.17. The first-order valence-electron chi connectivity index (χ1n) is 6.17. The van der Waals surface area contributed by atoms with Gasteiger partial charge >= 0.3 is 0 Å². The van der Waals surface area contributed by atoms with Gasteiger partial charge in [-0.15, -0.1) is 0 Å². The van der Waals surface area contributed by atoms with Crippen LogP contribution in [0, 0.1) is 6.92 Å². The molecule has 0 unspecified atom stereocenters. The van der Waals surface area contributed by atoms with E-state index in [2.05, 4.69) is 38.9 Å². The van der Waals surface area contributed by atoms with E-state index >= 15 is 0 Å². The fraction of sp³-hybridized carbons (Fsp3) is 0.333. The summed E-state index contributed by atoms with van der Waals surface area (Å²) >= 11 is 12.2. The van der Waals surface area contributed by atoms with Gasteiger partial charge in [-0.25, -0.2) is 4.68 Å². The molecule has 0 aliphatic carbocycles. The highest BCUT2D eigenvalue weighted by molar-refractivity contribution is 6.35. The first-order chi connectivity index (χ1) is 8.82. The zero-order valence-electron chi connectivity index (χ0n) is 11.4. The highest BCUT2D eigenvalue weighted by atomic mass is 35.5. The van der Waals surface area contributed by atoms with Crippen LogP contribution in [0.2, 0.25) is 10.0 Å². The molecule has 0 saturated carbocycles. The fourth-order valence-corrected chi connectivity index (χ4v) is 2.41. The topological polar surface area (TPSA) is 17.8 Å². The predicted octanol–water partition coefficient (Wildman–Crippen LogP) is 4.85. The lowest BCUT2D eigenvalue weighted by atomic mass is 9.91. The molecule has 1 heterocycles. The van der Waals surface area contributed by atoms with E-state index in [4.69, 9.17) is 23.2 Å². The molecular formula is C15H17Cl2N2. The molecule has 0 amide bonds. The smallest absolute Gasteiger partial charge is 0.0836 e. The molecule has 1 aromatic carbocycles. The Bertz CT molecular complexity index is 595. The van der Waals surface area contributed by atoms with Crippen LogP contribution in [0.1, 0.15) is 32.2 Å². The van der Waals surface area contributed by atoms with Crippen molar-refractivity contribution in [3.8, 4) is 5.69 Å². The SMILES string of the molecule is [CH2]Cc1cc(C(C)(C)C)n(-c2ccc(Cl)cc2Cl)n1. The summed E-state index contributed by atoms with van der Waals surface area (Å²) in [5, 5.41) is 5.80. The number of rotatable bonds is 2. The minimum absolute atomic E-state index is 0.0244. The highest BCUT2D eigenvalue weighted by Gasteiger charge is 2.22. The van der Waals surface area contributed by atoms with E-state index in [-0.39, 0.29) is 5.41 Å². The largest absolute Gasteiger partial charge is 0.235 e. The van der Waals surface area contributed by atoms with Crippen LogP contribution in [-0.4, -0.2) is 9.78 Å². The van der Waals surface area contributed by atoms with Crippen LogP contribution in [0.25, 0.3) is 5.69 Å². The molecular weight excluding hydrogens is 279 g/mol. The van der Waals surface area contributed by atoms with E-state index in [1.54, 1.807) is 6.07 Å². The average Bonchev–Trinajstić information content (AvgIpc) is 2.72. The Morgan fingerprint density at radius 2 is 1.89 bits per heavy atom. The number of hydrogen-bond acceptors (Lipinski definition) is 1. The standard InChI is InChI=1S/C15H17Cl2N2/c1-5-11-9-14(15(2,3)4)19(18-11)13-7-6-10(16)8-12(13)17/h6-9H,1,5H2,2-4H3. The molecule has 19 heavy (non-hydrogen) atoms. The van der Waals surface area contributed by atoms with Crippen molar-refractivity contribution < 1.29 is 0 Å². The molecule has 0 saturated heterocycles. The van der Waals surface area contributed by atoms with Crippen molar-refractivity contribution in [2.75, 3.05) is 0 Å². The third-order valence-electron chi connectivity index (χ3n) is 2.92. The number of nitrogens with zero attached hydrogens (tertiary/aromatic N) is 2. The quantitative estimate of drug-likeness (QED) is 0.774. The van der Waals surface area contributed by atoms with Crippen molar-refractivity contribution in [2.45, 2.75) is 32.6 Å². The first-order valence-corrected chi connectivity index (χ1v) is 6.92. The van der Waals surface area contributed by atoms with E-state index in [1.807, 2.05) is 16.8 Å². The molecule has 1 radical (unpaired) electrons. The average molecular weight is 296 g/mol. The minimum atomic E-state index is -0.0244. The van der Waals surface area contributed by atoms with E-state index in [9.17, 15) is 0 Å². The van der Waals surface area contributed by atoms with Gasteiger partial charge in [0.25, 0.3) is 0 Å². The second-order valence-corrected chi connectivity index (χ2v) is 6.37. The molecule has 0 spiro atoms. The summed E-state index contributed by atoms with van der Waals surface area (Å²) in [6.07, 6.45) is 0.654. The summed E-state index contributed by atoms with van der Waals surface area (Å²) in [6.45, 7) is 10.3. The van der Waals surface area contributed by atoms with Crippen LogP contribution >= 0.6 is 23.2 Å². The monoisotopic (exact) mass is 295 g/mol. The van der Waals surface area contributed by atoms with Crippen molar-refractivity contribution >= 4 is 23.2 Å². The van der Waals surface area contributed by atoms with Crippen LogP contribution in [0.3, 0.4) is 0 Å². The Morgan fingerprint density at radius 3 is 2.42 bits per heavy atom. The lowest BCUT2D eigenvalue weighted by molar-refractivity contribution is 0.543. The van der Waals surface area contributed by atoms with Crippen molar-refractivity contribution in [1.82, 2.24) is 9.78 Å². The number of halogens is 2. The molecule has 2 nitrogen and oxygen atoms in total. The third kappa shape index (κ3) is 2.96. The number of aromatic nitrogens is 2. The molecule has 0 aliphatic heterocycles. The van der Waals surface area contributed by atoms with Gasteiger partial charge in [0.05, 0.1) is 16.4 Å². The van der Waals surface area contributed by atoms with Gasteiger partial charge in [0.1, 0.15) is 0 Å². The van der Waals surface area contributed by atoms with Gasteiger partial charge in [0.15, 0.2) is 0 Å². The van der Waals surface area contributed by atoms with Gasteiger partial charge in [-0.2, -0.15) is 5.10 Å². The zero-order chi connectivity index (χ0) is 14.2. The second kappa shape index (κ2) is 5.18. The van der Waals surface area contributed by atoms with Crippen molar-refractivity contribution in [3.05, 3.63) is 52.6 Å². The van der Waals surface area contributed by atoms with Gasteiger partial charge in [-0.1, -0.05) is 44.0 Å². The maximum absolute atomic E-state index is 6.28. The normalized spacial score (nSPS) is 11.9. The van der Waals surface area contributed by atoms with Crippen molar-refractivity contribution in [2.24, 2.45) is 0 Å². The Morgan fingerprint density at radius 1 is 1.21 bits per heavy atom. The van der Waals surface area contributed by atoms with Crippen LogP contribution in [0.4, 0.5) is 0 Å². The van der Waals surface area contributed by atoms with Crippen LogP contribution < -0.4 is 0 Å². The van der Waals surface area contributed by atoms with Gasteiger partial charge in [0.2, 0.25) is 0 Å². The Kier molecular flexibility index (Phi) is 3.93. The summed E-state index contributed by atoms with van der Waals surface area (Å²) in [5.74, 6) is 0. The molecule has 0 aliphatic rings. The van der Waals surface area contributed by atoms with E-state index in [0.29, 0.717) is 16.5 Å². The number of benzene rings is 1. The molecule has 0 fully saturated rings. The highest BCUT2D eigenvalue weighted by Crippen LogP contribution is 2.30. The van der Waals surface area contributed by atoms with Gasteiger partial charge < -0.3 is 0 Å². The molecule has 0 N–H and O–H groups in total. The van der Waals surface area contributed by atoms with Crippen molar-refractivity contribution in [3.63, 3.8) is 0 Å².